The van der Waals surface area contributed by atoms with Crippen LogP contribution in [0, 0.1) is 0 Å². The van der Waals surface area contributed by atoms with Crippen LogP contribution >= 0.6 is 23.2 Å². The molecule has 0 saturated heterocycles. The number of fused-ring (bicyclic) bond motifs is 1. The number of halogens is 2. The van der Waals surface area contributed by atoms with E-state index < -0.39 is 11.5 Å². The predicted molar refractivity (Wildman–Crippen MR) is 109 cm³/mol. The highest BCUT2D eigenvalue weighted by molar-refractivity contribution is 6.31. The Morgan fingerprint density at radius 3 is 2.71 bits per heavy atom. The van der Waals surface area contributed by atoms with E-state index in [1.807, 2.05) is 24.3 Å². The van der Waals surface area contributed by atoms with Crippen LogP contribution < -0.4 is 5.32 Å². The number of benzene rings is 2. The molecule has 4 rings (SSSR count). The summed E-state index contributed by atoms with van der Waals surface area (Å²) in [5.41, 5.74) is 2.14. The molecule has 2 N–H and O–H groups in total. The minimum Gasteiger partial charge on any atom is -0.465 e. The molecule has 0 bridgehead atoms. The maximum absolute atomic E-state index is 13.3. The molecule has 0 fully saturated rings. The van der Waals surface area contributed by atoms with Gasteiger partial charge in [0.1, 0.15) is 5.41 Å². The lowest BCUT2D eigenvalue weighted by Gasteiger charge is -2.35. The second-order valence-corrected chi connectivity index (χ2v) is 7.96. The van der Waals surface area contributed by atoms with Gasteiger partial charge in [0.2, 0.25) is 5.91 Å². The van der Waals surface area contributed by atoms with E-state index >= 15 is 0 Å². The van der Waals surface area contributed by atoms with Crippen molar-refractivity contribution in [2.24, 2.45) is 0 Å². The summed E-state index contributed by atoms with van der Waals surface area (Å²) >= 11 is 12.3. The zero-order valence-corrected chi connectivity index (χ0v) is 16.4. The number of hydrogen-bond acceptors (Lipinski definition) is 2. The first-order valence-electron chi connectivity index (χ1n) is 8.97. The molecule has 2 aliphatic rings. The summed E-state index contributed by atoms with van der Waals surface area (Å²) in [6, 6.07) is 12.7. The zero-order valence-electron chi connectivity index (χ0n) is 14.9. The van der Waals surface area contributed by atoms with E-state index in [9.17, 15) is 14.7 Å². The molecular formula is C21H18Cl2N2O3. The molecule has 1 unspecified atom stereocenters. The molecule has 2 aromatic rings. The first kappa shape index (κ1) is 18.8. The molecule has 5 nitrogen and oxygen atoms in total. The number of rotatable bonds is 3. The van der Waals surface area contributed by atoms with Gasteiger partial charge in [-0.15, -0.1) is 0 Å². The van der Waals surface area contributed by atoms with Crippen molar-refractivity contribution in [1.82, 2.24) is 4.90 Å². The topological polar surface area (TPSA) is 69.6 Å². The molecule has 144 valence electrons. The molecule has 0 aliphatic carbocycles. The van der Waals surface area contributed by atoms with Gasteiger partial charge < -0.3 is 10.4 Å². The molecule has 7 heteroatoms. The van der Waals surface area contributed by atoms with E-state index in [4.69, 9.17) is 23.2 Å². The molecule has 1 atom stereocenters. The number of carbonyl (C=O) groups is 2. The standard InChI is InChI=1S/C21H18Cl2N2O3/c22-15-5-1-3-13(9-15)11-21(14-4-2-8-25(12-14)20(27)28)17-7-6-16(23)10-18(17)24-19(21)26/h1,3,5-7,9-10,12H,2,4,8,11H2,(H,24,26)(H,27,28). The zero-order chi connectivity index (χ0) is 19.9. The average molecular weight is 417 g/mol. The number of carboxylic acid groups (broad SMARTS) is 1. The molecule has 2 amide bonds. The van der Waals surface area contributed by atoms with E-state index in [0.29, 0.717) is 41.5 Å². The Kier molecular flexibility index (Phi) is 4.81. The van der Waals surface area contributed by atoms with Crippen LogP contribution in [0.5, 0.6) is 0 Å². The lowest BCUT2D eigenvalue weighted by atomic mass is 9.69. The Labute approximate surface area is 172 Å². The largest absolute Gasteiger partial charge is 0.465 e. The van der Waals surface area contributed by atoms with Crippen LogP contribution in [0.25, 0.3) is 0 Å². The SMILES string of the molecule is O=C(O)N1C=C(C2(Cc3cccc(Cl)c3)C(=O)Nc3cc(Cl)ccc32)CCC1. The summed E-state index contributed by atoms with van der Waals surface area (Å²) < 4.78 is 0. The highest BCUT2D eigenvalue weighted by Crippen LogP contribution is 2.48. The van der Waals surface area contributed by atoms with Crippen molar-refractivity contribution in [3.63, 3.8) is 0 Å². The van der Waals surface area contributed by atoms with Crippen LogP contribution in [0.3, 0.4) is 0 Å². The van der Waals surface area contributed by atoms with Gasteiger partial charge in [-0.1, -0.05) is 41.4 Å². The van der Waals surface area contributed by atoms with Gasteiger partial charge in [0.15, 0.2) is 0 Å². The molecule has 0 saturated carbocycles. The molecule has 0 spiro atoms. The summed E-state index contributed by atoms with van der Waals surface area (Å²) in [6.45, 7) is 0.418. The van der Waals surface area contributed by atoms with E-state index in [1.165, 1.54) is 4.90 Å². The molecule has 2 aromatic carbocycles. The number of carbonyl (C=O) groups excluding carboxylic acids is 1. The highest BCUT2D eigenvalue weighted by Gasteiger charge is 2.50. The van der Waals surface area contributed by atoms with Crippen molar-refractivity contribution in [1.29, 1.82) is 0 Å². The van der Waals surface area contributed by atoms with Crippen molar-refractivity contribution >= 4 is 40.9 Å². The van der Waals surface area contributed by atoms with Crippen LogP contribution in [0.4, 0.5) is 10.5 Å². The molecule has 28 heavy (non-hydrogen) atoms. The van der Waals surface area contributed by atoms with Crippen molar-refractivity contribution in [2.75, 3.05) is 11.9 Å². The van der Waals surface area contributed by atoms with Gasteiger partial charge in [-0.25, -0.2) is 4.79 Å². The number of nitrogens with zero attached hydrogens (tertiary/aromatic N) is 1. The third-order valence-electron chi connectivity index (χ3n) is 5.39. The van der Waals surface area contributed by atoms with Crippen LogP contribution in [-0.4, -0.2) is 28.6 Å². The Morgan fingerprint density at radius 2 is 1.96 bits per heavy atom. The first-order valence-corrected chi connectivity index (χ1v) is 9.72. The molecule has 2 aliphatic heterocycles. The van der Waals surface area contributed by atoms with Gasteiger partial charge >= 0.3 is 6.09 Å². The third kappa shape index (κ3) is 3.15. The highest BCUT2D eigenvalue weighted by atomic mass is 35.5. The lowest BCUT2D eigenvalue weighted by Crippen LogP contribution is -2.42. The fourth-order valence-electron chi connectivity index (χ4n) is 4.14. The molecule has 2 heterocycles. The monoisotopic (exact) mass is 416 g/mol. The number of anilines is 1. The predicted octanol–water partition coefficient (Wildman–Crippen LogP) is 5.08. The van der Waals surface area contributed by atoms with E-state index in [0.717, 1.165) is 16.7 Å². The maximum Gasteiger partial charge on any atom is 0.411 e. The van der Waals surface area contributed by atoms with E-state index in [2.05, 4.69) is 5.32 Å². The normalized spacial score (nSPS) is 21.1. The van der Waals surface area contributed by atoms with Gasteiger partial charge in [0.05, 0.1) is 0 Å². The third-order valence-corrected chi connectivity index (χ3v) is 5.86. The van der Waals surface area contributed by atoms with Crippen molar-refractivity contribution in [3.8, 4) is 0 Å². The molecular weight excluding hydrogens is 399 g/mol. The van der Waals surface area contributed by atoms with Gasteiger partial charge in [-0.05, 0) is 60.2 Å². The Hall–Kier alpha value is -2.50. The van der Waals surface area contributed by atoms with Crippen LogP contribution in [-0.2, 0) is 16.6 Å². The minimum absolute atomic E-state index is 0.178. The van der Waals surface area contributed by atoms with Gasteiger partial charge in [0.25, 0.3) is 0 Å². The Bertz CT molecular complexity index is 1000. The second kappa shape index (κ2) is 7.15. The maximum atomic E-state index is 13.3. The summed E-state index contributed by atoms with van der Waals surface area (Å²) in [5, 5.41) is 13.5. The Balaban J connectivity index is 1.90. The number of amides is 2. The number of nitrogens with one attached hydrogen (secondary N) is 1. The quantitative estimate of drug-likeness (QED) is 0.732. The van der Waals surface area contributed by atoms with Gasteiger partial charge in [-0.2, -0.15) is 0 Å². The van der Waals surface area contributed by atoms with Crippen molar-refractivity contribution in [2.45, 2.75) is 24.7 Å². The van der Waals surface area contributed by atoms with E-state index in [1.54, 1.807) is 24.4 Å². The van der Waals surface area contributed by atoms with Gasteiger partial charge in [-0.3, -0.25) is 9.69 Å². The van der Waals surface area contributed by atoms with Crippen LogP contribution in [0.2, 0.25) is 10.0 Å². The summed E-state index contributed by atoms with van der Waals surface area (Å²) in [4.78, 5) is 26.1. The number of hydrogen-bond donors (Lipinski definition) is 2. The summed E-state index contributed by atoms with van der Waals surface area (Å²) in [6.07, 6.45) is 2.27. The lowest BCUT2D eigenvalue weighted by molar-refractivity contribution is -0.119. The average Bonchev–Trinajstić information content (AvgIpc) is 2.93. The van der Waals surface area contributed by atoms with Crippen molar-refractivity contribution in [3.05, 3.63) is 75.4 Å². The van der Waals surface area contributed by atoms with Crippen molar-refractivity contribution < 1.29 is 14.7 Å². The molecule has 0 radical (unpaired) electrons. The first-order chi connectivity index (χ1) is 13.4. The second-order valence-electron chi connectivity index (χ2n) is 7.09. The Morgan fingerprint density at radius 1 is 1.18 bits per heavy atom. The summed E-state index contributed by atoms with van der Waals surface area (Å²) in [5.74, 6) is -0.178. The van der Waals surface area contributed by atoms with Crippen LogP contribution in [0.15, 0.2) is 54.2 Å². The summed E-state index contributed by atoms with van der Waals surface area (Å²) in [7, 11) is 0. The van der Waals surface area contributed by atoms with E-state index in [-0.39, 0.29) is 5.91 Å². The fraction of sp³-hybridized carbons (Fsp3) is 0.238. The van der Waals surface area contributed by atoms with Gasteiger partial charge in [0, 0.05) is 28.5 Å². The molecule has 0 aromatic heterocycles. The minimum atomic E-state index is -1.02. The van der Waals surface area contributed by atoms with Crippen LogP contribution in [0.1, 0.15) is 24.0 Å². The smallest absolute Gasteiger partial charge is 0.411 e. The fourth-order valence-corrected chi connectivity index (χ4v) is 4.52.